The predicted molar refractivity (Wildman–Crippen MR) is 88.1 cm³/mol. The Balaban J connectivity index is 1.34. The molecule has 4 rings (SSSR count). The van der Waals surface area contributed by atoms with Crippen molar-refractivity contribution in [3.8, 4) is 0 Å². The van der Waals surface area contributed by atoms with Crippen molar-refractivity contribution >= 4 is 5.91 Å². The van der Waals surface area contributed by atoms with Gasteiger partial charge in [0.25, 0.3) is 0 Å². The van der Waals surface area contributed by atoms with Crippen molar-refractivity contribution < 1.29 is 14.3 Å². The van der Waals surface area contributed by atoms with Crippen LogP contribution in [0.4, 0.5) is 0 Å². The third kappa shape index (κ3) is 3.63. The van der Waals surface area contributed by atoms with E-state index in [-0.39, 0.29) is 17.6 Å². The van der Waals surface area contributed by atoms with Gasteiger partial charge < -0.3 is 14.4 Å². The lowest BCUT2D eigenvalue weighted by atomic mass is 9.88. The Labute approximate surface area is 139 Å². The van der Waals surface area contributed by atoms with Gasteiger partial charge in [-0.15, -0.1) is 0 Å². The van der Waals surface area contributed by atoms with Crippen molar-refractivity contribution in [3.05, 3.63) is 11.6 Å². The molecule has 4 aliphatic rings. The van der Waals surface area contributed by atoms with Gasteiger partial charge >= 0.3 is 0 Å². The van der Waals surface area contributed by atoms with Crippen LogP contribution in [0, 0.1) is 5.92 Å². The zero-order chi connectivity index (χ0) is 15.7. The largest absolute Gasteiger partial charge is 0.375 e. The molecular formula is C19H29NO3. The molecule has 128 valence electrons. The molecule has 0 N–H and O–H groups in total. The summed E-state index contributed by atoms with van der Waals surface area (Å²) >= 11 is 0. The fraction of sp³-hybridized carbons (Fsp3) is 0.842. The molecule has 2 atom stereocenters. The van der Waals surface area contributed by atoms with E-state index < -0.39 is 0 Å². The summed E-state index contributed by atoms with van der Waals surface area (Å²) in [7, 11) is 0. The third-order valence-electron chi connectivity index (χ3n) is 5.83. The number of amides is 1. The minimum atomic E-state index is -0.142. The number of hydrogen-bond acceptors (Lipinski definition) is 3. The van der Waals surface area contributed by atoms with E-state index >= 15 is 0 Å². The van der Waals surface area contributed by atoms with Gasteiger partial charge in [-0.05, 0) is 57.3 Å². The summed E-state index contributed by atoms with van der Waals surface area (Å²) < 4.78 is 12.2. The fourth-order valence-corrected chi connectivity index (χ4v) is 4.26. The van der Waals surface area contributed by atoms with Crippen LogP contribution in [-0.2, 0) is 14.3 Å². The first kappa shape index (κ1) is 15.6. The molecule has 23 heavy (non-hydrogen) atoms. The normalized spacial score (nSPS) is 34.7. The number of hydrogen-bond donors (Lipinski definition) is 0. The number of likely N-dealkylation sites (tertiary alicyclic amines) is 1. The molecule has 0 aromatic heterocycles. The monoisotopic (exact) mass is 319 g/mol. The predicted octanol–water partition coefficient (Wildman–Crippen LogP) is 3.06. The highest BCUT2D eigenvalue weighted by Crippen LogP contribution is 2.38. The first-order chi connectivity index (χ1) is 11.2. The quantitative estimate of drug-likeness (QED) is 0.799. The van der Waals surface area contributed by atoms with Gasteiger partial charge in [-0.2, -0.15) is 0 Å². The number of ether oxygens (including phenoxy) is 2. The van der Waals surface area contributed by atoms with E-state index in [4.69, 9.17) is 9.47 Å². The summed E-state index contributed by atoms with van der Waals surface area (Å²) in [5.41, 5.74) is 0.894. The van der Waals surface area contributed by atoms with Crippen molar-refractivity contribution in [2.45, 2.75) is 69.5 Å². The Hall–Kier alpha value is -0.870. The maximum atomic E-state index is 12.8. The van der Waals surface area contributed by atoms with E-state index in [0.29, 0.717) is 6.61 Å². The molecule has 2 aliphatic carbocycles. The zero-order valence-electron chi connectivity index (χ0n) is 14.1. The van der Waals surface area contributed by atoms with E-state index in [1.165, 1.54) is 19.3 Å². The maximum Gasteiger partial charge on any atom is 0.249 e. The maximum absolute atomic E-state index is 12.8. The van der Waals surface area contributed by atoms with Crippen molar-refractivity contribution in [1.82, 2.24) is 4.90 Å². The van der Waals surface area contributed by atoms with Crippen LogP contribution >= 0.6 is 0 Å². The van der Waals surface area contributed by atoms with Crippen LogP contribution in [0.25, 0.3) is 0 Å². The van der Waals surface area contributed by atoms with Gasteiger partial charge in [-0.3, -0.25) is 4.79 Å². The lowest BCUT2D eigenvalue weighted by molar-refractivity contribution is -0.135. The Morgan fingerprint density at radius 3 is 3.04 bits per heavy atom. The van der Waals surface area contributed by atoms with Crippen molar-refractivity contribution in [1.29, 1.82) is 0 Å². The molecule has 0 radical (unpaired) electrons. The van der Waals surface area contributed by atoms with Gasteiger partial charge in [-0.25, -0.2) is 0 Å². The van der Waals surface area contributed by atoms with Gasteiger partial charge in [0.1, 0.15) is 0 Å². The SMILES string of the molecule is O=C(C1=CCCCC1)N1CCC[C@@]2(C[C@@H](OCC3CC3)CO2)C1. The van der Waals surface area contributed by atoms with Crippen LogP contribution in [0.3, 0.4) is 0 Å². The Kier molecular flexibility index (Phi) is 4.46. The number of allylic oxidation sites excluding steroid dienone is 1. The molecule has 2 heterocycles. The molecule has 0 aromatic carbocycles. The minimum Gasteiger partial charge on any atom is -0.375 e. The van der Waals surface area contributed by atoms with Gasteiger partial charge in [0.05, 0.1) is 24.9 Å². The average molecular weight is 319 g/mol. The summed E-state index contributed by atoms with van der Waals surface area (Å²) in [5.74, 6) is 1.06. The lowest BCUT2D eigenvalue weighted by Crippen LogP contribution is -2.50. The highest BCUT2D eigenvalue weighted by Gasteiger charge is 2.45. The highest BCUT2D eigenvalue weighted by atomic mass is 16.6. The molecule has 2 aliphatic heterocycles. The minimum absolute atomic E-state index is 0.142. The van der Waals surface area contributed by atoms with E-state index in [9.17, 15) is 4.79 Å². The summed E-state index contributed by atoms with van der Waals surface area (Å²) in [6.45, 7) is 3.25. The third-order valence-corrected chi connectivity index (χ3v) is 5.83. The summed E-state index contributed by atoms with van der Waals surface area (Å²) in [6.07, 6.45) is 12.5. The van der Waals surface area contributed by atoms with E-state index in [1.54, 1.807) is 0 Å². The fourth-order valence-electron chi connectivity index (χ4n) is 4.26. The molecule has 2 saturated heterocycles. The second-order valence-corrected chi connectivity index (χ2v) is 7.90. The van der Waals surface area contributed by atoms with Crippen LogP contribution in [0.15, 0.2) is 11.6 Å². The van der Waals surface area contributed by atoms with E-state index in [1.807, 2.05) is 4.90 Å². The van der Waals surface area contributed by atoms with Crippen molar-refractivity contribution in [2.24, 2.45) is 5.92 Å². The number of nitrogens with zero attached hydrogens (tertiary/aromatic N) is 1. The van der Waals surface area contributed by atoms with Crippen molar-refractivity contribution in [2.75, 3.05) is 26.3 Å². The van der Waals surface area contributed by atoms with Gasteiger partial charge in [0.2, 0.25) is 5.91 Å². The molecule has 0 aromatic rings. The summed E-state index contributed by atoms with van der Waals surface area (Å²) in [5, 5.41) is 0. The topological polar surface area (TPSA) is 38.8 Å². The van der Waals surface area contributed by atoms with Crippen molar-refractivity contribution in [3.63, 3.8) is 0 Å². The van der Waals surface area contributed by atoms with E-state index in [0.717, 1.165) is 69.7 Å². The van der Waals surface area contributed by atoms with Gasteiger partial charge in [-0.1, -0.05) is 6.08 Å². The molecular weight excluding hydrogens is 290 g/mol. The first-order valence-corrected chi connectivity index (χ1v) is 9.48. The average Bonchev–Trinajstić information content (AvgIpc) is 3.35. The van der Waals surface area contributed by atoms with Crippen LogP contribution in [0.1, 0.15) is 57.8 Å². The smallest absolute Gasteiger partial charge is 0.249 e. The Bertz CT molecular complexity index is 485. The zero-order valence-corrected chi connectivity index (χ0v) is 14.1. The van der Waals surface area contributed by atoms with Gasteiger partial charge in [0, 0.05) is 25.1 Å². The number of rotatable bonds is 4. The number of carbonyl (C=O) groups excluding carboxylic acids is 1. The molecule has 3 fully saturated rings. The second kappa shape index (κ2) is 6.56. The standard InChI is InChI=1S/C19H29NO3/c21-18(16-5-2-1-3-6-16)20-10-4-9-19(14-20)11-17(13-23-19)22-12-15-7-8-15/h5,15,17H,1-4,6-14H2/t17-,19-/m1/s1. The highest BCUT2D eigenvalue weighted by molar-refractivity contribution is 5.93. The lowest BCUT2D eigenvalue weighted by Gasteiger charge is -2.40. The number of piperidine rings is 1. The molecule has 4 nitrogen and oxygen atoms in total. The Morgan fingerprint density at radius 2 is 2.26 bits per heavy atom. The Morgan fingerprint density at radius 1 is 1.35 bits per heavy atom. The molecule has 0 bridgehead atoms. The number of carbonyl (C=O) groups is 1. The van der Waals surface area contributed by atoms with Crippen LogP contribution in [0.2, 0.25) is 0 Å². The molecule has 1 amide bonds. The molecule has 4 heteroatoms. The second-order valence-electron chi connectivity index (χ2n) is 7.90. The van der Waals surface area contributed by atoms with Crippen LogP contribution in [0.5, 0.6) is 0 Å². The summed E-state index contributed by atoms with van der Waals surface area (Å²) in [4.78, 5) is 14.8. The molecule has 1 spiro atoms. The van der Waals surface area contributed by atoms with Gasteiger partial charge in [0.15, 0.2) is 0 Å². The summed E-state index contributed by atoms with van der Waals surface area (Å²) in [6, 6.07) is 0. The molecule has 1 saturated carbocycles. The van der Waals surface area contributed by atoms with E-state index in [2.05, 4.69) is 6.08 Å². The molecule has 0 unspecified atom stereocenters. The first-order valence-electron chi connectivity index (χ1n) is 9.48. The van der Waals surface area contributed by atoms with Crippen LogP contribution in [-0.4, -0.2) is 48.8 Å². The van der Waals surface area contributed by atoms with Crippen LogP contribution < -0.4 is 0 Å².